The normalized spacial score (nSPS) is 20.0. The third-order valence-corrected chi connectivity index (χ3v) is 7.26. The van der Waals surface area contributed by atoms with Crippen molar-refractivity contribution in [2.45, 2.75) is 56.4 Å². The van der Waals surface area contributed by atoms with Crippen LogP contribution < -0.4 is 10.2 Å². The molecule has 1 amide bonds. The first-order valence-electron chi connectivity index (χ1n) is 9.38. The first kappa shape index (κ1) is 18.2. The molecular weight excluding hydrogens is 336 g/mol. The highest BCUT2D eigenvalue weighted by Crippen LogP contribution is 2.26. The second-order valence-electron chi connectivity index (χ2n) is 7.15. The Morgan fingerprint density at radius 1 is 1.08 bits per heavy atom. The number of piperidine rings is 1. The van der Waals surface area contributed by atoms with Crippen molar-refractivity contribution in [2.75, 3.05) is 23.7 Å². The van der Waals surface area contributed by atoms with Crippen molar-refractivity contribution in [1.29, 1.82) is 0 Å². The number of amides is 1. The third kappa shape index (κ3) is 4.35. The molecule has 5 nitrogen and oxygen atoms in total. The maximum Gasteiger partial charge on any atom is 0.223 e. The summed E-state index contributed by atoms with van der Waals surface area (Å²) in [7, 11) is -3.14. The molecule has 2 aliphatic rings. The third-order valence-electron chi connectivity index (χ3n) is 5.51. The number of carbonyl (C=O) groups is 1. The molecule has 1 saturated heterocycles. The molecule has 1 aliphatic heterocycles. The molecule has 138 valence electrons. The summed E-state index contributed by atoms with van der Waals surface area (Å²) in [5.41, 5.74) is 1.05. The number of carbonyl (C=O) groups excluding carboxylic acids is 1. The van der Waals surface area contributed by atoms with Gasteiger partial charge in [0.1, 0.15) is 0 Å². The number of nitrogens with zero attached hydrogens (tertiary/aromatic N) is 1. The smallest absolute Gasteiger partial charge is 0.223 e. The molecule has 3 rings (SSSR count). The van der Waals surface area contributed by atoms with Gasteiger partial charge in [-0.1, -0.05) is 19.8 Å². The fourth-order valence-electron chi connectivity index (χ4n) is 3.82. The highest BCUT2D eigenvalue weighted by atomic mass is 32.2. The van der Waals surface area contributed by atoms with Crippen molar-refractivity contribution in [3.63, 3.8) is 0 Å². The minimum Gasteiger partial charge on any atom is -0.371 e. The topological polar surface area (TPSA) is 66.5 Å². The zero-order chi connectivity index (χ0) is 17.9. The first-order chi connectivity index (χ1) is 12.0. The van der Waals surface area contributed by atoms with E-state index in [4.69, 9.17) is 0 Å². The van der Waals surface area contributed by atoms with Gasteiger partial charge in [0.2, 0.25) is 5.91 Å². The maximum atomic E-state index is 12.2. The number of hydrogen-bond donors (Lipinski definition) is 1. The zero-order valence-electron chi connectivity index (χ0n) is 14.9. The second kappa shape index (κ2) is 7.77. The zero-order valence-corrected chi connectivity index (χ0v) is 15.7. The molecule has 1 aromatic carbocycles. The molecule has 1 heterocycles. The van der Waals surface area contributed by atoms with Gasteiger partial charge in [0.25, 0.3) is 0 Å². The van der Waals surface area contributed by atoms with Crippen LogP contribution in [0.15, 0.2) is 29.2 Å². The SMILES string of the molecule is CCS(=O)(=O)c1ccc(N2CCC(NC(=O)C3CCCC3)CC2)cc1. The number of sulfone groups is 1. The Morgan fingerprint density at radius 3 is 2.24 bits per heavy atom. The lowest BCUT2D eigenvalue weighted by Crippen LogP contribution is -2.46. The van der Waals surface area contributed by atoms with Crippen molar-refractivity contribution in [1.82, 2.24) is 5.32 Å². The summed E-state index contributed by atoms with van der Waals surface area (Å²) in [6.45, 7) is 3.43. The summed E-state index contributed by atoms with van der Waals surface area (Å²) < 4.78 is 23.8. The summed E-state index contributed by atoms with van der Waals surface area (Å²) in [6, 6.07) is 7.44. The van der Waals surface area contributed by atoms with Crippen LogP contribution in [0.2, 0.25) is 0 Å². The van der Waals surface area contributed by atoms with Crippen LogP contribution in [0.25, 0.3) is 0 Å². The van der Waals surface area contributed by atoms with E-state index in [1.54, 1.807) is 19.1 Å². The average Bonchev–Trinajstić information content (AvgIpc) is 3.17. The molecule has 0 aromatic heterocycles. The van der Waals surface area contributed by atoms with Gasteiger partial charge in [-0.3, -0.25) is 4.79 Å². The van der Waals surface area contributed by atoms with Gasteiger partial charge in [-0.15, -0.1) is 0 Å². The largest absolute Gasteiger partial charge is 0.371 e. The van der Waals surface area contributed by atoms with E-state index in [1.165, 1.54) is 12.8 Å². The van der Waals surface area contributed by atoms with Crippen molar-refractivity contribution >= 4 is 21.4 Å². The summed E-state index contributed by atoms with van der Waals surface area (Å²) in [4.78, 5) is 14.9. The Kier molecular flexibility index (Phi) is 5.67. The van der Waals surface area contributed by atoms with Crippen LogP contribution in [0.4, 0.5) is 5.69 Å². The van der Waals surface area contributed by atoms with E-state index >= 15 is 0 Å². The van der Waals surface area contributed by atoms with Gasteiger partial charge >= 0.3 is 0 Å². The summed E-state index contributed by atoms with van der Waals surface area (Å²) >= 11 is 0. The molecule has 1 N–H and O–H groups in total. The monoisotopic (exact) mass is 364 g/mol. The number of anilines is 1. The molecule has 0 radical (unpaired) electrons. The predicted molar refractivity (Wildman–Crippen MR) is 99.5 cm³/mol. The highest BCUT2D eigenvalue weighted by molar-refractivity contribution is 7.91. The van der Waals surface area contributed by atoms with E-state index in [0.717, 1.165) is 44.5 Å². The number of nitrogens with one attached hydrogen (secondary N) is 1. The van der Waals surface area contributed by atoms with Crippen molar-refractivity contribution < 1.29 is 13.2 Å². The summed E-state index contributed by atoms with van der Waals surface area (Å²) in [5, 5.41) is 3.22. The van der Waals surface area contributed by atoms with Gasteiger partial charge in [0, 0.05) is 30.7 Å². The molecule has 0 spiro atoms. The van der Waals surface area contributed by atoms with Crippen LogP contribution >= 0.6 is 0 Å². The van der Waals surface area contributed by atoms with Crippen LogP contribution in [0.5, 0.6) is 0 Å². The van der Waals surface area contributed by atoms with Gasteiger partial charge in [-0.2, -0.15) is 0 Å². The van der Waals surface area contributed by atoms with E-state index in [1.807, 2.05) is 12.1 Å². The van der Waals surface area contributed by atoms with Crippen molar-refractivity contribution in [3.8, 4) is 0 Å². The molecule has 0 unspecified atom stereocenters. The van der Waals surface area contributed by atoms with Crippen LogP contribution in [0.3, 0.4) is 0 Å². The molecule has 0 bridgehead atoms. The Balaban J connectivity index is 1.52. The van der Waals surface area contributed by atoms with E-state index in [9.17, 15) is 13.2 Å². The Morgan fingerprint density at radius 2 is 1.68 bits per heavy atom. The van der Waals surface area contributed by atoms with E-state index in [-0.39, 0.29) is 23.6 Å². The lowest BCUT2D eigenvalue weighted by atomic mass is 10.0. The molecule has 1 aliphatic carbocycles. The van der Waals surface area contributed by atoms with Gasteiger partial charge in [0.15, 0.2) is 9.84 Å². The number of rotatable bonds is 5. The van der Waals surface area contributed by atoms with Crippen molar-refractivity contribution in [2.24, 2.45) is 5.92 Å². The number of benzene rings is 1. The van der Waals surface area contributed by atoms with E-state index in [0.29, 0.717) is 4.90 Å². The minimum absolute atomic E-state index is 0.123. The van der Waals surface area contributed by atoms with Gasteiger partial charge < -0.3 is 10.2 Å². The molecule has 1 aromatic rings. The summed E-state index contributed by atoms with van der Waals surface area (Å²) in [6.07, 6.45) is 6.32. The fraction of sp³-hybridized carbons (Fsp3) is 0.632. The average molecular weight is 365 g/mol. The van der Waals surface area contributed by atoms with E-state index in [2.05, 4.69) is 10.2 Å². The highest BCUT2D eigenvalue weighted by Gasteiger charge is 2.26. The standard InChI is InChI=1S/C19H28N2O3S/c1-2-25(23,24)18-9-7-17(8-10-18)21-13-11-16(12-14-21)20-19(22)15-5-3-4-6-15/h7-10,15-16H,2-6,11-14H2,1H3,(H,20,22). The molecular formula is C19H28N2O3S. The van der Waals surface area contributed by atoms with Crippen LogP contribution in [-0.2, 0) is 14.6 Å². The fourth-order valence-corrected chi connectivity index (χ4v) is 4.70. The molecule has 2 fully saturated rings. The quantitative estimate of drug-likeness (QED) is 0.872. The predicted octanol–water partition coefficient (Wildman–Crippen LogP) is 2.76. The maximum absolute atomic E-state index is 12.2. The molecule has 25 heavy (non-hydrogen) atoms. The second-order valence-corrected chi connectivity index (χ2v) is 9.43. The Bertz CT molecular complexity index is 686. The minimum atomic E-state index is -3.14. The lowest BCUT2D eigenvalue weighted by Gasteiger charge is -2.34. The van der Waals surface area contributed by atoms with Gasteiger partial charge in [-0.05, 0) is 49.9 Å². The van der Waals surface area contributed by atoms with Crippen LogP contribution in [-0.4, -0.2) is 39.2 Å². The van der Waals surface area contributed by atoms with Gasteiger partial charge in [0.05, 0.1) is 10.6 Å². The van der Waals surface area contributed by atoms with Crippen LogP contribution in [0, 0.1) is 5.92 Å². The Hall–Kier alpha value is -1.56. The molecule has 0 atom stereocenters. The Labute approximate surface area is 150 Å². The van der Waals surface area contributed by atoms with Gasteiger partial charge in [-0.25, -0.2) is 8.42 Å². The molecule has 6 heteroatoms. The lowest BCUT2D eigenvalue weighted by molar-refractivity contribution is -0.125. The number of hydrogen-bond acceptors (Lipinski definition) is 4. The van der Waals surface area contributed by atoms with Crippen molar-refractivity contribution in [3.05, 3.63) is 24.3 Å². The van der Waals surface area contributed by atoms with E-state index < -0.39 is 9.84 Å². The summed E-state index contributed by atoms with van der Waals surface area (Å²) in [5.74, 6) is 0.592. The first-order valence-corrected chi connectivity index (χ1v) is 11.0. The van der Waals surface area contributed by atoms with Crippen LogP contribution in [0.1, 0.15) is 45.4 Å². The molecule has 1 saturated carbocycles.